The highest BCUT2D eigenvalue weighted by atomic mass is 19.1. The first-order valence-electron chi connectivity index (χ1n) is 7.77. The predicted octanol–water partition coefficient (Wildman–Crippen LogP) is 3.77. The van der Waals surface area contributed by atoms with Crippen molar-refractivity contribution < 1.29 is 18.8 Å². The van der Waals surface area contributed by atoms with Gasteiger partial charge in [-0.15, -0.1) is 0 Å². The molecule has 0 bridgehead atoms. The van der Waals surface area contributed by atoms with Gasteiger partial charge in [0, 0.05) is 23.4 Å². The van der Waals surface area contributed by atoms with E-state index in [1.165, 1.54) is 30.3 Å². The maximum atomic E-state index is 13.6. The minimum absolute atomic E-state index is 0.118. The van der Waals surface area contributed by atoms with E-state index in [-0.39, 0.29) is 5.69 Å². The van der Waals surface area contributed by atoms with Crippen LogP contribution in [0.25, 0.3) is 0 Å². The Bertz CT molecular complexity index is 812. The number of carbonyl (C=O) groups is 1. The Morgan fingerprint density at radius 3 is 2.92 bits per heavy atom. The third-order valence-electron chi connectivity index (χ3n) is 3.86. The molecule has 25 heavy (non-hydrogen) atoms. The van der Waals surface area contributed by atoms with E-state index in [2.05, 4.69) is 10.6 Å². The number of rotatable bonds is 3. The molecule has 1 aliphatic heterocycles. The molecule has 7 nitrogen and oxygen atoms in total. The number of nitro benzene ring substituents is 1. The largest absolute Gasteiger partial charge is 0.493 e. The summed E-state index contributed by atoms with van der Waals surface area (Å²) in [5.41, 5.74) is 0.760. The van der Waals surface area contributed by atoms with Gasteiger partial charge in [0.2, 0.25) is 0 Å². The molecule has 0 aromatic heterocycles. The molecule has 0 saturated carbocycles. The lowest BCUT2D eigenvalue weighted by molar-refractivity contribution is -0.384. The fourth-order valence-corrected chi connectivity index (χ4v) is 2.72. The Balaban J connectivity index is 1.74. The van der Waals surface area contributed by atoms with Crippen LogP contribution in [0.3, 0.4) is 0 Å². The number of halogens is 1. The maximum Gasteiger partial charge on any atom is 0.319 e. The molecule has 0 radical (unpaired) electrons. The van der Waals surface area contributed by atoms with Gasteiger partial charge in [-0.05, 0) is 37.1 Å². The molecular weight excluding hydrogens is 329 g/mol. The number of anilines is 1. The van der Waals surface area contributed by atoms with Crippen LogP contribution in [0.5, 0.6) is 5.75 Å². The van der Waals surface area contributed by atoms with Crippen molar-refractivity contribution in [2.24, 2.45) is 0 Å². The maximum absolute atomic E-state index is 13.6. The van der Waals surface area contributed by atoms with Gasteiger partial charge in [-0.3, -0.25) is 10.1 Å². The molecule has 2 N–H and O–H groups in total. The third-order valence-corrected chi connectivity index (χ3v) is 3.86. The van der Waals surface area contributed by atoms with Crippen LogP contribution in [-0.4, -0.2) is 17.6 Å². The van der Waals surface area contributed by atoms with E-state index in [1.54, 1.807) is 12.1 Å². The van der Waals surface area contributed by atoms with E-state index < -0.39 is 22.8 Å². The smallest absolute Gasteiger partial charge is 0.319 e. The molecule has 2 aromatic carbocycles. The van der Waals surface area contributed by atoms with Crippen LogP contribution in [-0.2, 0) is 0 Å². The number of nitro groups is 1. The average Bonchev–Trinajstić information content (AvgIpc) is 2.77. The standard InChI is InChI=1S/C17H16FN3O4/c18-11-6-7-16-14(9-11)15(5-2-8-25-16)20-17(22)19-12-3-1-4-13(10-12)21(23)24/h1,3-4,6-7,9-10,15H,2,5,8H2,(H2,19,20,22)/t15-/m1/s1. The second kappa shape index (κ2) is 7.16. The minimum Gasteiger partial charge on any atom is -0.493 e. The van der Waals surface area contributed by atoms with Gasteiger partial charge in [0.1, 0.15) is 11.6 Å². The summed E-state index contributed by atoms with van der Waals surface area (Å²) < 4.78 is 19.1. The number of ether oxygens (including phenoxy) is 1. The number of hydrogen-bond acceptors (Lipinski definition) is 4. The number of urea groups is 1. The SMILES string of the molecule is O=C(Nc1cccc([N+](=O)[O-])c1)N[C@@H]1CCCOc2ccc(F)cc21. The van der Waals surface area contributed by atoms with Crippen molar-refractivity contribution in [3.05, 3.63) is 64.0 Å². The molecule has 0 saturated heterocycles. The van der Waals surface area contributed by atoms with Crippen LogP contribution in [0.4, 0.5) is 20.6 Å². The molecule has 1 atom stereocenters. The predicted molar refractivity (Wildman–Crippen MR) is 89.1 cm³/mol. The molecule has 130 valence electrons. The van der Waals surface area contributed by atoms with E-state index in [1.807, 2.05) is 0 Å². The second-order valence-corrected chi connectivity index (χ2v) is 5.63. The Kier molecular flexibility index (Phi) is 4.78. The summed E-state index contributed by atoms with van der Waals surface area (Å²) in [6.45, 7) is 0.489. The van der Waals surface area contributed by atoms with E-state index in [0.29, 0.717) is 36.4 Å². The zero-order valence-corrected chi connectivity index (χ0v) is 13.2. The van der Waals surface area contributed by atoms with Gasteiger partial charge in [0.15, 0.2) is 0 Å². The van der Waals surface area contributed by atoms with E-state index in [4.69, 9.17) is 4.74 Å². The van der Waals surface area contributed by atoms with Crippen LogP contribution in [0, 0.1) is 15.9 Å². The molecule has 1 aliphatic rings. The number of nitrogens with one attached hydrogen (secondary N) is 2. The summed E-state index contributed by atoms with van der Waals surface area (Å²) >= 11 is 0. The van der Waals surface area contributed by atoms with Crippen LogP contribution in [0.15, 0.2) is 42.5 Å². The highest BCUT2D eigenvalue weighted by Gasteiger charge is 2.22. The van der Waals surface area contributed by atoms with Crippen molar-refractivity contribution in [3.63, 3.8) is 0 Å². The van der Waals surface area contributed by atoms with E-state index >= 15 is 0 Å². The Hall–Kier alpha value is -3.16. The van der Waals surface area contributed by atoms with Crippen LogP contribution >= 0.6 is 0 Å². The molecule has 1 heterocycles. The molecule has 0 unspecified atom stereocenters. The molecule has 3 rings (SSSR count). The number of benzene rings is 2. The number of carbonyl (C=O) groups excluding carboxylic acids is 1. The second-order valence-electron chi connectivity index (χ2n) is 5.63. The fourth-order valence-electron chi connectivity index (χ4n) is 2.72. The topological polar surface area (TPSA) is 93.5 Å². The van der Waals surface area contributed by atoms with E-state index in [9.17, 15) is 19.3 Å². The van der Waals surface area contributed by atoms with Crippen molar-refractivity contribution in [2.75, 3.05) is 11.9 Å². The van der Waals surface area contributed by atoms with Crippen LogP contribution < -0.4 is 15.4 Å². The highest BCUT2D eigenvalue weighted by Crippen LogP contribution is 2.32. The van der Waals surface area contributed by atoms with Crippen molar-refractivity contribution in [3.8, 4) is 5.75 Å². The van der Waals surface area contributed by atoms with Gasteiger partial charge in [-0.1, -0.05) is 6.07 Å². The quantitative estimate of drug-likeness (QED) is 0.654. The molecule has 0 spiro atoms. The van der Waals surface area contributed by atoms with Crippen LogP contribution in [0.2, 0.25) is 0 Å². The van der Waals surface area contributed by atoms with Gasteiger partial charge < -0.3 is 15.4 Å². The lowest BCUT2D eigenvalue weighted by Crippen LogP contribution is -2.32. The molecule has 2 amide bonds. The van der Waals surface area contributed by atoms with E-state index in [0.717, 1.165) is 0 Å². The first-order chi connectivity index (χ1) is 12.0. The van der Waals surface area contributed by atoms with Crippen LogP contribution in [0.1, 0.15) is 24.4 Å². The lowest BCUT2D eigenvalue weighted by Gasteiger charge is -2.19. The monoisotopic (exact) mass is 345 g/mol. The Labute approximate surface area is 143 Å². The van der Waals surface area contributed by atoms with Gasteiger partial charge in [0.25, 0.3) is 5.69 Å². The third kappa shape index (κ3) is 4.03. The zero-order chi connectivity index (χ0) is 17.8. The van der Waals surface area contributed by atoms with Gasteiger partial charge in [-0.25, -0.2) is 9.18 Å². The van der Waals surface area contributed by atoms with Gasteiger partial charge in [0.05, 0.1) is 17.6 Å². The highest BCUT2D eigenvalue weighted by molar-refractivity contribution is 5.89. The average molecular weight is 345 g/mol. The summed E-state index contributed by atoms with van der Waals surface area (Å²) in [4.78, 5) is 22.5. The number of non-ortho nitro benzene ring substituents is 1. The fraction of sp³-hybridized carbons (Fsp3) is 0.235. The number of amides is 2. The van der Waals surface area contributed by atoms with Crippen molar-refractivity contribution in [2.45, 2.75) is 18.9 Å². The molecule has 2 aromatic rings. The van der Waals surface area contributed by atoms with Gasteiger partial charge in [-0.2, -0.15) is 0 Å². The van der Waals surface area contributed by atoms with Crippen molar-refractivity contribution in [1.82, 2.24) is 5.32 Å². The number of fused-ring (bicyclic) bond motifs is 1. The summed E-state index contributed by atoms with van der Waals surface area (Å²) in [6, 6.07) is 8.91. The Morgan fingerprint density at radius 2 is 2.12 bits per heavy atom. The molecule has 0 fully saturated rings. The van der Waals surface area contributed by atoms with Crippen molar-refractivity contribution >= 4 is 17.4 Å². The zero-order valence-electron chi connectivity index (χ0n) is 13.2. The molecule has 8 heteroatoms. The minimum atomic E-state index is -0.537. The summed E-state index contributed by atoms with van der Waals surface area (Å²) in [5.74, 6) is 0.134. The lowest BCUT2D eigenvalue weighted by atomic mass is 10.0. The molecule has 0 aliphatic carbocycles. The normalized spacial score (nSPS) is 16.1. The number of nitrogens with zero attached hydrogens (tertiary/aromatic N) is 1. The summed E-state index contributed by atoms with van der Waals surface area (Å²) in [6.07, 6.45) is 1.30. The summed E-state index contributed by atoms with van der Waals surface area (Å²) in [7, 11) is 0. The first kappa shape index (κ1) is 16.7. The summed E-state index contributed by atoms with van der Waals surface area (Å²) in [5, 5.41) is 16.1. The number of hydrogen-bond donors (Lipinski definition) is 2. The van der Waals surface area contributed by atoms with Crippen molar-refractivity contribution in [1.29, 1.82) is 0 Å². The first-order valence-corrected chi connectivity index (χ1v) is 7.77. The van der Waals surface area contributed by atoms with Gasteiger partial charge >= 0.3 is 6.03 Å². The molecular formula is C17H16FN3O4. The Morgan fingerprint density at radius 1 is 1.28 bits per heavy atom.